The van der Waals surface area contributed by atoms with Crippen LogP contribution in [0.5, 0.6) is 0 Å². The number of aliphatic carboxylic acids is 1. The Bertz CT molecular complexity index is 1200. The highest BCUT2D eigenvalue weighted by Gasteiger charge is 2.43. The quantitative estimate of drug-likeness (QED) is 0.681. The minimum atomic E-state index is -3.86. The summed E-state index contributed by atoms with van der Waals surface area (Å²) in [6.45, 7) is 1.08. The Kier molecular flexibility index (Phi) is 5.08. The van der Waals surface area contributed by atoms with E-state index in [1.807, 2.05) is 42.5 Å². The zero-order valence-corrected chi connectivity index (χ0v) is 16.3. The maximum Gasteiger partial charge on any atom is 0.324 e. The summed E-state index contributed by atoms with van der Waals surface area (Å²) in [6, 6.07) is 15.0. The van der Waals surface area contributed by atoms with Crippen LogP contribution in [0.1, 0.15) is 13.3 Å². The van der Waals surface area contributed by atoms with Crippen LogP contribution in [-0.4, -0.2) is 40.0 Å². The van der Waals surface area contributed by atoms with Gasteiger partial charge in [0.15, 0.2) is 14.6 Å². The van der Waals surface area contributed by atoms with E-state index < -0.39 is 20.6 Å². The summed E-state index contributed by atoms with van der Waals surface area (Å²) in [5.74, 6) is -1.44. The van der Waals surface area contributed by atoms with Crippen LogP contribution in [0.2, 0.25) is 0 Å². The molecule has 1 aromatic heterocycles. The van der Waals surface area contributed by atoms with Crippen LogP contribution in [0.15, 0.2) is 59.7 Å². The van der Waals surface area contributed by atoms with E-state index in [0.29, 0.717) is 10.9 Å². The van der Waals surface area contributed by atoms with Gasteiger partial charge in [-0.25, -0.2) is 13.4 Å². The molecule has 1 N–H and O–H groups in total. The first kappa shape index (κ1) is 19.8. The number of carbonyl (C=O) groups is 1. The first-order valence-corrected chi connectivity index (χ1v) is 10.5. The van der Waals surface area contributed by atoms with Crippen molar-refractivity contribution in [2.75, 3.05) is 6.26 Å². The standard InChI is InChI=1S/C20H20N2O5S/c1-20(19(24)25,28(2,26)27)10-11-22-13-21-17-12-15(8-9-16(17)18(22)23)14-6-4-3-5-7-14/h3-9,12-13H,10-11H2,1-2H3,(H,24,25). The molecule has 0 saturated heterocycles. The summed E-state index contributed by atoms with van der Waals surface area (Å²) in [6.07, 6.45) is 1.97. The minimum Gasteiger partial charge on any atom is -0.480 e. The predicted molar refractivity (Wildman–Crippen MR) is 107 cm³/mol. The average Bonchev–Trinajstić information content (AvgIpc) is 2.66. The summed E-state index contributed by atoms with van der Waals surface area (Å²) in [5.41, 5.74) is 2.10. The third-order valence-electron chi connectivity index (χ3n) is 5.03. The number of nitrogens with zero attached hydrogens (tertiary/aromatic N) is 2. The molecule has 1 unspecified atom stereocenters. The van der Waals surface area contributed by atoms with Crippen LogP contribution in [0.4, 0.5) is 0 Å². The summed E-state index contributed by atoms with van der Waals surface area (Å²) in [7, 11) is -3.86. The average molecular weight is 400 g/mol. The Hall–Kier alpha value is -3.00. The van der Waals surface area contributed by atoms with Crippen LogP contribution in [0, 0.1) is 0 Å². The number of benzene rings is 2. The number of carboxylic acids is 1. The molecule has 28 heavy (non-hydrogen) atoms. The van der Waals surface area contributed by atoms with Gasteiger partial charge in [0, 0.05) is 12.8 Å². The Labute approximate surface area is 162 Å². The number of fused-ring (bicyclic) bond motifs is 1. The van der Waals surface area contributed by atoms with E-state index in [4.69, 9.17) is 0 Å². The van der Waals surface area contributed by atoms with Crippen molar-refractivity contribution in [2.24, 2.45) is 0 Å². The highest BCUT2D eigenvalue weighted by atomic mass is 32.2. The maximum absolute atomic E-state index is 12.7. The monoisotopic (exact) mass is 400 g/mol. The van der Waals surface area contributed by atoms with E-state index in [2.05, 4.69) is 4.98 Å². The smallest absolute Gasteiger partial charge is 0.324 e. The van der Waals surface area contributed by atoms with Gasteiger partial charge in [-0.05, 0) is 36.6 Å². The van der Waals surface area contributed by atoms with E-state index in [-0.39, 0.29) is 18.5 Å². The van der Waals surface area contributed by atoms with Crippen molar-refractivity contribution < 1.29 is 18.3 Å². The second-order valence-electron chi connectivity index (χ2n) is 6.90. The number of hydrogen-bond acceptors (Lipinski definition) is 5. The van der Waals surface area contributed by atoms with E-state index in [9.17, 15) is 23.1 Å². The first-order valence-electron chi connectivity index (χ1n) is 8.61. The Morgan fingerprint density at radius 2 is 1.82 bits per heavy atom. The molecule has 8 heteroatoms. The summed E-state index contributed by atoms with van der Waals surface area (Å²) >= 11 is 0. The van der Waals surface area contributed by atoms with Crippen molar-refractivity contribution in [1.29, 1.82) is 0 Å². The van der Waals surface area contributed by atoms with Gasteiger partial charge >= 0.3 is 5.97 Å². The molecule has 0 spiro atoms. The molecule has 0 radical (unpaired) electrons. The van der Waals surface area contributed by atoms with E-state index in [0.717, 1.165) is 24.3 Å². The maximum atomic E-state index is 12.7. The van der Waals surface area contributed by atoms with Crippen molar-refractivity contribution >= 4 is 26.7 Å². The van der Waals surface area contributed by atoms with Gasteiger partial charge in [0.05, 0.1) is 17.2 Å². The predicted octanol–water partition coefficient (Wildman–Crippen LogP) is 2.34. The van der Waals surface area contributed by atoms with Crippen molar-refractivity contribution in [3.8, 4) is 11.1 Å². The zero-order chi connectivity index (χ0) is 20.5. The van der Waals surface area contributed by atoms with Crippen LogP contribution in [0.3, 0.4) is 0 Å². The molecule has 0 amide bonds. The third kappa shape index (κ3) is 3.55. The molecule has 0 aliphatic heterocycles. The van der Waals surface area contributed by atoms with Gasteiger partial charge in [-0.2, -0.15) is 0 Å². The number of aromatic nitrogens is 2. The molecular weight excluding hydrogens is 380 g/mol. The first-order chi connectivity index (χ1) is 13.1. The van der Waals surface area contributed by atoms with Gasteiger partial charge in [0.1, 0.15) is 0 Å². The van der Waals surface area contributed by atoms with E-state index in [1.165, 1.54) is 10.9 Å². The summed E-state index contributed by atoms with van der Waals surface area (Å²) in [5, 5.41) is 9.73. The van der Waals surface area contributed by atoms with E-state index >= 15 is 0 Å². The lowest BCUT2D eigenvalue weighted by Gasteiger charge is -2.22. The molecule has 0 bridgehead atoms. The number of sulfone groups is 1. The lowest BCUT2D eigenvalue weighted by Crippen LogP contribution is -2.44. The Morgan fingerprint density at radius 1 is 1.14 bits per heavy atom. The van der Waals surface area contributed by atoms with Crippen molar-refractivity contribution in [3.05, 3.63) is 65.2 Å². The van der Waals surface area contributed by atoms with Crippen LogP contribution in [0.25, 0.3) is 22.0 Å². The largest absolute Gasteiger partial charge is 0.480 e. The molecule has 1 atom stereocenters. The molecule has 1 heterocycles. The zero-order valence-electron chi connectivity index (χ0n) is 15.5. The third-order valence-corrected chi connectivity index (χ3v) is 7.05. The van der Waals surface area contributed by atoms with Crippen molar-refractivity contribution in [3.63, 3.8) is 0 Å². The molecule has 0 saturated carbocycles. The Morgan fingerprint density at radius 3 is 2.43 bits per heavy atom. The Balaban J connectivity index is 1.95. The molecule has 0 fully saturated rings. The van der Waals surface area contributed by atoms with Crippen molar-refractivity contribution in [1.82, 2.24) is 9.55 Å². The topological polar surface area (TPSA) is 106 Å². The van der Waals surface area contributed by atoms with Crippen LogP contribution < -0.4 is 5.56 Å². The normalized spacial score (nSPS) is 13.9. The molecule has 3 aromatic rings. The SMILES string of the molecule is CC(CCn1cnc2cc(-c3ccccc3)ccc2c1=O)(C(=O)O)S(C)(=O)=O. The number of hydrogen-bond donors (Lipinski definition) is 1. The molecule has 2 aromatic carbocycles. The van der Waals surface area contributed by atoms with E-state index in [1.54, 1.807) is 6.07 Å². The van der Waals surface area contributed by atoms with Crippen LogP contribution >= 0.6 is 0 Å². The number of carboxylic acid groups (broad SMARTS) is 1. The fraction of sp³-hybridized carbons (Fsp3) is 0.250. The minimum absolute atomic E-state index is 0.0713. The fourth-order valence-corrected chi connectivity index (χ4v) is 3.69. The van der Waals surface area contributed by atoms with Gasteiger partial charge < -0.3 is 5.11 Å². The fourth-order valence-electron chi connectivity index (χ4n) is 2.91. The van der Waals surface area contributed by atoms with Crippen molar-refractivity contribution in [2.45, 2.75) is 24.6 Å². The highest BCUT2D eigenvalue weighted by molar-refractivity contribution is 7.92. The van der Waals surface area contributed by atoms with Crippen LogP contribution in [-0.2, 0) is 21.2 Å². The molecule has 0 aliphatic carbocycles. The summed E-state index contributed by atoms with van der Waals surface area (Å²) < 4.78 is 23.1. The van der Waals surface area contributed by atoms with Gasteiger partial charge in [0.25, 0.3) is 5.56 Å². The summed E-state index contributed by atoms with van der Waals surface area (Å²) in [4.78, 5) is 28.5. The molecule has 7 nitrogen and oxygen atoms in total. The second-order valence-corrected chi connectivity index (χ2v) is 9.34. The lowest BCUT2D eigenvalue weighted by molar-refractivity contribution is -0.139. The molecule has 3 rings (SSSR count). The second kappa shape index (κ2) is 7.20. The van der Waals surface area contributed by atoms with Gasteiger partial charge in [-0.3, -0.25) is 14.2 Å². The molecule has 0 aliphatic rings. The lowest BCUT2D eigenvalue weighted by atomic mass is 10.0. The number of aryl methyl sites for hydroxylation is 1. The molecule has 146 valence electrons. The van der Waals surface area contributed by atoms with Gasteiger partial charge in [0.2, 0.25) is 0 Å². The van der Waals surface area contributed by atoms with Gasteiger partial charge in [-0.15, -0.1) is 0 Å². The van der Waals surface area contributed by atoms with Gasteiger partial charge in [-0.1, -0.05) is 36.4 Å². The molecular formula is C20H20N2O5S. The highest BCUT2D eigenvalue weighted by Crippen LogP contribution is 2.23. The number of rotatable bonds is 6.